The molecule has 134 valence electrons. The second-order valence-electron chi connectivity index (χ2n) is 5.30. The van der Waals surface area contributed by atoms with Crippen molar-refractivity contribution in [1.29, 1.82) is 0 Å². The third-order valence-electron chi connectivity index (χ3n) is 3.48. The summed E-state index contributed by atoms with van der Waals surface area (Å²) >= 11 is 3.55. The molecule has 1 fully saturated rings. The van der Waals surface area contributed by atoms with Crippen molar-refractivity contribution in [1.82, 2.24) is 5.32 Å². The Hall–Kier alpha value is -2.00. The molecule has 1 aliphatic rings. The van der Waals surface area contributed by atoms with Crippen molar-refractivity contribution >= 4 is 57.2 Å². The van der Waals surface area contributed by atoms with Crippen molar-refractivity contribution in [2.24, 2.45) is 4.99 Å². The lowest BCUT2D eigenvalue weighted by atomic mass is 10.2. The number of ether oxygens (including phenoxy) is 2. The molecule has 0 unspecified atom stereocenters. The van der Waals surface area contributed by atoms with Gasteiger partial charge in [-0.05, 0) is 83.2 Å². The van der Waals surface area contributed by atoms with Gasteiger partial charge in [-0.15, -0.1) is 0 Å². The molecule has 1 heterocycles. The largest absolute Gasteiger partial charge is 0.493 e. The third-order valence-corrected chi connectivity index (χ3v) is 5.06. The molecule has 1 amide bonds. The van der Waals surface area contributed by atoms with Crippen LogP contribution in [-0.2, 0) is 4.79 Å². The molecular weight excluding hydrogens is 463 g/mol. The number of halogens is 1. The third kappa shape index (κ3) is 4.59. The minimum atomic E-state index is -0.160. The van der Waals surface area contributed by atoms with Crippen molar-refractivity contribution in [3.63, 3.8) is 0 Å². The van der Waals surface area contributed by atoms with E-state index < -0.39 is 0 Å². The van der Waals surface area contributed by atoms with E-state index in [0.29, 0.717) is 28.2 Å². The average molecular weight is 480 g/mol. The molecule has 0 bridgehead atoms. The van der Waals surface area contributed by atoms with Crippen molar-refractivity contribution in [2.45, 2.75) is 6.92 Å². The molecule has 0 atom stereocenters. The number of amides is 1. The quantitative estimate of drug-likeness (QED) is 0.503. The van der Waals surface area contributed by atoms with Crippen molar-refractivity contribution in [2.75, 3.05) is 13.7 Å². The highest BCUT2D eigenvalue weighted by Crippen LogP contribution is 2.32. The van der Waals surface area contributed by atoms with E-state index in [4.69, 9.17) is 9.47 Å². The number of thioether (sulfide) groups is 1. The molecule has 0 spiro atoms. The van der Waals surface area contributed by atoms with Gasteiger partial charge >= 0.3 is 0 Å². The summed E-state index contributed by atoms with van der Waals surface area (Å²) in [5.41, 5.74) is 1.67. The summed E-state index contributed by atoms with van der Waals surface area (Å²) in [4.78, 5) is 17.3. The summed E-state index contributed by atoms with van der Waals surface area (Å²) in [5.74, 6) is 1.16. The molecule has 0 radical (unpaired) electrons. The molecule has 2 aromatic carbocycles. The van der Waals surface area contributed by atoms with Gasteiger partial charge in [0.1, 0.15) is 0 Å². The van der Waals surface area contributed by atoms with Crippen LogP contribution in [0.1, 0.15) is 12.5 Å². The number of carbonyl (C=O) groups excluding carboxylic acids is 1. The van der Waals surface area contributed by atoms with Crippen LogP contribution in [0.15, 0.2) is 52.4 Å². The lowest BCUT2D eigenvalue weighted by Gasteiger charge is -2.09. The molecule has 0 aromatic heterocycles. The molecule has 2 aromatic rings. The molecular formula is C19H17IN2O3S. The number of aliphatic imine (C=N–C) groups is 1. The van der Waals surface area contributed by atoms with Gasteiger partial charge in [0.05, 0.1) is 24.3 Å². The number of rotatable bonds is 5. The number of carbonyl (C=O) groups is 1. The normalized spacial score (nSPS) is 16.8. The summed E-state index contributed by atoms with van der Waals surface area (Å²) in [6.45, 7) is 2.48. The van der Waals surface area contributed by atoms with Crippen LogP contribution >= 0.6 is 34.4 Å². The van der Waals surface area contributed by atoms with Crippen LogP contribution in [0.3, 0.4) is 0 Å². The standard InChI is InChI=1S/C19H17IN2O3S/c1-3-25-15-8-7-12(9-16(15)24-2)10-17-18(23)22-19(26-17)21-14-6-4-5-13(20)11-14/h4-11H,3H2,1-2H3,(H,21,22,23)/b17-10+. The second kappa shape index (κ2) is 8.59. The van der Waals surface area contributed by atoms with Crippen LogP contribution in [0.4, 0.5) is 5.69 Å². The van der Waals surface area contributed by atoms with E-state index >= 15 is 0 Å². The SMILES string of the molecule is CCOc1ccc(/C=C2/SC(=Nc3cccc(I)c3)NC2=O)cc1OC. The van der Waals surface area contributed by atoms with E-state index in [1.54, 1.807) is 7.11 Å². The number of benzene rings is 2. The van der Waals surface area contributed by atoms with Crippen LogP contribution in [0, 0.1) is 3.57 Å². The van der Waals surface area contributed by atoms with Crippen LogP contribution in [0.25, 0.3) is 6.08 Å². The van der Waals surface area contributed by atoms with E-state index in [1.807, 2.05) is 55.5 Å². The van der Waals surface area contributed by atoms with Gasteiger partial charge in [-0.25, -0.2) is 4.99 Å². The van der Waals surface area contributed by atoms with Crippen molar-refractivity contribution in [3.05, 3.63) is 56.5 Å². The number of amidine groups is 1. The summed E-state index contributed by atoms with van der Waals surface area (Å²) in [6, 6.07) is 13.4. The average Bonchev–Trinajstić information content (AvgIpc) is 2.95. The Balaban J connectivity index is 1.82. The number of hydrogen-bond donors (Lipinski definition) is 1. The molecule has 26 heavy (non-hydrogen) atoms. The highest BCUT2D eigenvalue weighted by Gasteiger charge is 2.24. The van der Waals surface area contributed by atoms with E-state index in [2.05, 4.69) is 32.9 Å². The zero-order valence-electron chi connectivity index (χ0n) is 14.3. The van der Waals surface area contributed by atoms with Gasteiger partial charge in [0.2, 0.25) is 0 Å². The van der Waals surface area contributed by atoms with E-state index in [9.17, 15) is 4.79 Å². The van der Waals surface area contributed by atoms with Crippen molar-refractivity contribution in [3.8, 4) is 11.5 Å². The zero-order valence-corrected chi connectivity index (χ0v) is 17.3. The molecule has 0 aliphatic carbocycles. The monoisotopic (exact) mass is 480 g/mol. The Labute approximate surface area is 170 Å². The Kier molecular flexibility index (Phi) is 6.20. The zero-order chi connectivity index (χ0) is 18.5. The van der Waals surface area contributed by atoms with Gasteiger partial charge in [-0.3, -0.25) is 4.79 Å². The second-order valence-corrected chi connectivity index (χ2v) is 7.58. The van der Waals surface area contributed by atoms with Crippen LogP contribution < -0.4 is 14.8 Å². The smallest absolute Gasteiger partial charge is 0.264 e. The first-order valence-corrected chi connectivity index (χ1v) is 9.84. The minimum absolute atomic E-state index is 0.160. The maximum atomic E-state index is 12.2. The fourth-order valence-electron chi connectivity index (χ4n) is 2.34. The fraction of sp³-hybridized carbons (Fsp3) is 0.158. The molecule has 7 heteroatoms. The number of methoxy groups -OCH3 is 1. The molecule has 3 rings (SSSR count). The highest BCUT2D eigenvalue weighted by atomic mass is 127. The van der Waals surface area contributed by atoms with Gasteiger partial charge in [-0.2, -0.15) is 0 Å². The van der Waals surface area contributed by atoms with Crippen molar-refractivity contribution < 1.29 is 14.3 Å². The Bertz CT molecular complexity index is 896. The lowest BCUT2D eigenvalue weighted by Crippen LogP contribution is -2.19. The van der Waals surface area contributed by atoms with Gasteiger partial charge < -0.3 is 14.8 Å². The molecule has 1 aliphatic heterocycles. The Morgan fingerprint density at radius 2 is 2.08 bits per heavy atom. The first-order valence-electron chi connectivity index (χ1n) is 7.95. The summed E-state index contributed by atoms with van der Waals surface area (Å²) in [6.07, 6.45) is 1.81. The highest BCUT2D eigenvalue weighted by molar-refractivity contribution is 14.1. The fourth-order valence-corrected chi connectivity index (χ4v) is 3.71. The minimum Gasteiger partial charge on any atom is -0.493 e. The predicted molar refractivity (Wildman–Crippen MR) is 114 cm³/mol. The van der Waals surface area contributed by atoms with Gasteiger partial charge in [-0.1, -0.05) is 12.1 Å². The first-order chi connectivity index (χ1) is 12.6. The van der Waals surface area contributed by atoms with Crippen LogP contribution in [0.2, 0.25) is 0 Å². The molecule has 1 N–H and O–H groups in total. The summed E-state index contributed by atoms with van der Waals surface area (Å²) < 4.78 is 12.0. The maximum absolute atomic E-state index is 12.2. The number of hydrogen-bond acceptors (Lipinski definition) is 5. The van der Waals surface area contributed by atoms with Crippen LogP contribution in [0.5, 0.6) is 11.5 Å². The van der Waals surface area contributed by atoms with E-state index in [1.165, 1.54) is 11.8 Å². The predicted octanol–water partition coefficient (Wildman–Crippen LogP) is 4.59. The Morgan fingerprint density at radius 3 is 2.81 bits per heavy atom. The summed E-state index contributed by atoms with van der Waals surface area (Å²) in [7, 11) is 1.60. The van der Waals surface area contributed by atoms with Crippen LogP contribution in [-0.4, -0.2) is 24.8 Å². The topological polar surface area (TPSA) is 59.9 Å². The molecule has 5 nitrogen and oxygen atoms in total. The molecule has 0 saturated carbocycles. The number of nitrogens with one attached hydrogen (secondary N) is 1. The summed E-state index contributed by atoms with van der Waals surface area (Å²) in [5, 5.41) is 3.37. The van der Waals surface area contributed by atoms with Gasteiger partial charge in [0, 0.05) is 3.57 Å². The van der Waals surface area contributed by atoms with E-state index in [-0.39, 0.29) is 5.91 Å². The lowest BCUT2D eigenvalue weighted by molar-refractivity contribution is -0.115. The first kappa shape index (κ1) is 18.8. The van der Waals surface area contributed by atoms with E-state index in [0.717, 1.165) is 14.8 Å². The number of nitrogens with zero attached hydrogens (tertiary/aromatic N) is 1. The Morgan fingerprint density at radius 1 is 1.23 bits per heavy atom. The van der Waals surface area contributed by atoms with Gasteiger partial charge in [0.25, 0.3) is 5.91 Å². The van der Waals surface area contributed by atoms with Gasteiger partial charge in [0.15, 0.2) is 16.7 Å². The maximum Gasteiger partial charge on any atom is 0.264 e. The molecule has 1 saturated heterocycles.